The van der Waals surface area contributed by atoms with Crippen LogP contribution in [-0.4, -0.2) is 33.0 Å². The summed E-state index contributed by atoms with van der Waals surface area (Å²) in [5.74, 6) is 1.12. The van der Waals surface area contributed by atoms with Crippen molar-refractivity contribution in [3.8, 4) is 5.75 Å². The molecule has 0 spiro atoms. The lowest BCUT2D eigenvalue weighted by Gasteiger charge is -2.27. The van der Waals surface area contributed by atoms with E-state index in [1.807, 2.05) is 6.07 Å². The van der Waals surface area contributed by atoms with Crippen molar-refractivity contribution in [2.45, 2.75) is 31.7 Å². The molecule has 4 aromatic rings. The molecule has 1 fully saturated rings. The van der Waals surface area contributed by atoms with Crippen molar-refractivity contribution in [1.82, 2.24) is 25.3 Å². The second-order valence-corrected chi connectivity index (χ2v) is 8.92. The van der Waals surface area contributed by atoms with Crippen molar-refractivity contribution in [3.05, 3.63) is 69.7 Å². The molecular formula is C24H22Cl2N6O2. The lowest BCUT2D eigenvalue weighted by molar-refractivity contribution is 0.0947. The smallest absolute Gasteiger partial charge is 0.255 e. The molecule has 10 heteroatoms. The maximum atomic E-state index is 13.1. The highest BCUT2D eigenvalue weighted by atomic mass is 35.5. The number of amides is 1. The summed E-state index contributed by atoms with van der Waals surface area (Å²) in [6.45, 7) is 0.346. The zero-order valence-corrected chi connectivity index (χ0v) is 19.9. The average Bonchev–Trinajstić information content (AvgIpc) is 3.20. The molecule has 1 aliphatic carbocycles. The van der Waals surface area contributed by atoms with Crippen molar-refractivity contribution in [2.75, 3.05) is 12.4 Å². The number of aromatic nitrogens is 4. The summed E-state index contributed by atoms with van der Waals surface area (Å²) in [6, 6.07) is 7.47. The number of aromatic amines is 1. The highest BCUT2D eigenvalue weighted by molar-refractivity contribution is 6.39. The van der Waals surface area contributed by atoms with E-state index in [0.717, 1.165) is 5.69 Å². The standard InChI is InChI=1S/C24H22Cl2N6O2/c1-34-21-9-19-18(30-24(31-19)32-22-16(25)10-27-11-17(22)26)8-15(21)23(33)29-12-20-14(6-3-7-28-20)13-4-2-5-13/h3,6-11,13H,2,4-5,12H2,1H3,(H,29,33)(H2,27,30,31,32). The molecule has 174 valence electrons. The molecule has 3 heterocycles. The number of hydrogen-bond donors (Lipinski definition) is 3. The van der Waals surface area contributed by atoms with Crippen molar-refractivity contribution in [2.24, 2.45) is 0 Å². The Morgan fingerprint density at radius 1 is 1.24 bits per heavy atom. The van der Waals surface area contributed by atoms with Crippen molar-refractivity contribution >= 4 is 51.8 Å². The van der Waals surface area contributed by atoms with Gasteiger partial charge in [-0.2, -0.15) is 0 Å². The van der Waals surface area contributed by atoms with Crippen LogP contribution in [0.1, 0.15) is 46.8 Å². The summed E-state index contributed by atoms with van der Waals surface area (Å²) in [6.07, 6.45) is 8.31. The molecular weight excluding hydrogens is 475 g/mol. The van der Waals surface area contributed by atoms with E-state index < -0.39 is 0 Å². The number of hydrogen-bond acceptors (Lipinski definition) is 6. The molecule has 1 saturated carbocycles. The second-order valence-electron chi connectivity index (χ2n) is 8.11. The molecule has 0 atom stereocenters. The number of nitrogens with zero attached hydrogens (tertiary/aromatic N) is 3. The first-order chi connectivity index (χ1) is 16.5. The van der Waals surface area contributed by atoms with E-state index in [2.05, 4.69) is 36.6 Å². The Hall–Kier alpha value is -3.36. The average molecular weight is 497 g/mol. The molecule has 0 radical (unpaired) electrons. The SMILES string of the molecule is COc1cc2[nH]c(Nc3c(Cl)cncc3Cl)nc2cc1C(=O)NCc1ncccc1C1CCC1. The number of benzene rings is 1. The Kier molecular flexibility index (Phi) is 6.26. The highest BCUT2D eigenvalue weighted by Gasteiger charge is 2.23. The normalized spacial score (nSPS) is 13.5. The Labute approximate surface area is 206 Å². The number of imidazole rings is 1. The summed E-state index contributed by atoms with van der Waals surface area (Å²) in [4.78, 5) is 29.2. The first-order valence-corrected chi connectivity index (χ1v) is 11.6. The van der Waals surface area contributed by atoms with Gasteiger partial charge in [0.1, 0.15) is 5.75 Å². The fourth-order valence-corrected chi connectivity index (χ4v) is 4.50. The third kappa shape index (κ3) is 4.38. The van der Waals surface area contributed by atoms with E-state index in [0.29, 0.717) is 56.5 Å². The van der Waals surface area contributed by atoms with Crippen LogP contribution in [-0.2, 0) is 6.54 Å². The maximum absolute atomic E-state index is 13.1. The summed E-state index contributed by atoms with van der Waals surface area (Å²) >= 11 is 12.4. The van der Waals surface area contributed by atoms with Crippen LogP contribution in [0.3, 0.4) is 0 Å². The van der Waals surface area contributed by atoms with Gasteiger partial charge in [0.05, 0.1) is 51.7 Å². The zero-order chi connectivity index (χ0) is 23.7. The molecule has 0 bridgehead atoms. The van der Waals surface area contributed by atoms with Gasteiger partial charge in [-0.15, -0.1) is 0 Å². The van der Waals surface area contributed by atoms with Gasteiger partial charge in [0.15, 0.2) is 0 Å². The van der Waals surface area contributed by atoms with Crippen LogP contribution in [0.15, 0.2) is 42.9 Å². The third-order valence-corrected chi connectivity index (χ3v) is 6.60. The number of carbonyl (C=O) groups excluding carboxylic acids is 1. The van der Waals surface area contributed by atoms with Crippen LogP contribution >= 0.6 is 23.2 Å². The first kappa shape index (κ1) is 22.4. The van der Waals surface area contributed by atoms with Gasteiger partial charge in [-0.05, 0) is 36.5 Å². The predicted octanol–water partition coefficient (Wildman–Crippen LogP) is 5.61. The monoisotopic (exact) mass is 496 g/mol. The van der Waals surface area contributed by atoms with Crippen LogP contribution in [0, 0.1) is 0 Å². The number of carbonyl (C=O) groups is 1. The van der Waals surface area contributed by atoms with E-state index >= 15 is 0 Å². The predicted molar refractivity (Wildman–Crippen MR) is 132 cm³/mol. The number of nitrogens with one attached hydrogen (secondary N) is 3. The van der Waals surface area contributed by atoms with Crippen molar-refractivity contribution < 1.29 is 9.53 Å². The van der Waals surface area contributed by atoms with E-state index in [1.165, 1.54) is 44.3 Å². The highest BCUT2D eigenvalue weighted by Crippen LogP contribution is 2.37. The second kappa shape index (κ2) is 9.48. The molecule has 0 aliphatic heterocycles. The van der Waals surface area contributed by atoms with Gasteiger partial charge in [-0.3, -0.25) is 14.8 Å². The number of anilines is 2. The number of fused-ring (bicyclic) bond motifs is 1. The van der Waals surface area contributed by atoms with E-state index in [-0.39, 0.29) is 5.91 Å². The van der Waals surface area contributed by atoms with Crippen LogP contribution < -0.4 is 15.4 Å². The summed E-state index contributed by atoms with van der Waals surface area (Å²) in [5, 5.41) is 6.78. The summed E-state index contributed by atoms with van der Waals surface area (Å²) in [5.41, 5.74) is 4.26. The lowest BCUT2D eigenvalue weighted by atomic mass is 9.79. The van der Waals surface area contributed by atoms with Crippen molar-refractivity contribution in [1.29, 1.82) is 0 Å². The Morgan fingerprint density at radius 2 is 2.03 bits per heavy atom. The fraction of sp³-hybridized carbons (Fsp3) is 0.250. The molecule has 1 amide bonds. The number of H-pyrrole nitrogens is 1. The van der Waals surface area contributed by atoms with Crippen LogP contribution in [0.2, 0.25) is 10.0 Å². The Balaban J connectivity index is 1.38. The molecule has 1 aromatic carbocycles. The molecule has 34 heavy (non-hydrogen) atoms. The minimum atomic E-state index is -0.262. The summed E-state index contributed by atoms with van der Waals surface area (Å²) < 4.78 is 5.49. The van der Waals surface area contributed by atoms with Crippen LogP contribution in [0.25, 0.3) is 11.0 Å². The van der Waals surface area contributed by atoms with Gasteiger partial charge in [0.2, 0.25) is 5.95 Å². The van der Waals surface area contributed by atoms with E-state index in [1.54, 1.807) is 18.3 Å². The first-order valence-electron chi connectivity index (χ1n) is 10.9. The fourth-order valence-electron chi connectivity index (χ4n) is 4.04. The molecule has 1 aliphatic rings. The van der Waals surface area contributed by atoms with Crippen molar-refractivity contribution in [3.63, 3.8) is 0 Å². The Bertz CT molecular complexity index is 1350. The minimum Gasteiger partial charge on any atom is -0.496 e. The summed E-state index contributed by atoms with van der Waals surface area (Å²) in [7, 11) is 1.53. The molecule has 8 nitrogen and oxygen atoms in total. The van der Waals surface area contributed by atoms with Gasteiger partial charge in [-0.25, -0.2) is 4.98 Å². The van der Waals surface area contributed by atoms with E-state index in [9.17, 15) is 4.79 Å². The lowest BCUT2D eigenvalue weighted by Crippen LogP contribution is -2.25. The molecule has 0 unspecified atom stereocenters. The number of halogens is 2. The van der Waals surface area contributed by atoms with Gasteiger partial charge >= 0.3 is 0 Å². The number of pyridine rings is 2. The Morgan fingerprint density at radius 3 is 2.74 bits per heavy atom. The third-order valence-electron chi connectivity index (χ3n) is 6.03. The molecule has 3 N–H and O–H groups in total. The topological polar surface area (TPSA) is 105 Å². The molecule has 5 rings (SSSR count). The molecule has 3 aromatic heterocycles. The van der Waals surface area contributed by atoms with Gasteiger partial charge in [0, 0.05) is 24.7 Å². The maximum Gasteiger partial charge on any atom is 0.255 e. The van der Waals surface area contributed by atoms with E-state index in [4.69, 9.17) is 27.9 Å². The number of methoxy groups -OCH3 is 1. The van der Waals surface area contributed by atoms with Crippen LogP contribution in [0.5, 0.6) is 5.75 Å². The van der Waals surface area contributed by atoms with Gasteiger partial charge in [-0.1, -0.05) is 35.7 Å². The van der Waals surface area contributed by atoms with Gasteiger partial charge in [0.25, 0.3) is 5.91 Å². The molecule has 0 saturated heterocycles. The zero-order valence-electron chi connectivity index (χ0n) is 18.4. The minimum absolute atomic E-state index is 0.262. The van der Waals surface area contributed by atoms with Crippen LogP contribution in [0.4, 0.5) is 11.6 Å². The number of rotatable bonds is 7. The largest absolute Gasteiger partial charge is 0.496 e. The van der Waals surface area contributed by atoms with Gasteiger partial charge < -0.3 is 20.4 Å². The number of ether oxygens (including phenoxy) is 1. The quantitative estimate of drug-likeness (QED) is 0.307.